The molecule has 1 aliphatic carbocycles. The van der Waals surface area contributed by atoms with Crippen molar-refractivity contribution in [2.75, 3.05) is 7.11 Å². The number of hydrogen-bond acceptors (Lipinski definition) is 2. The quantitative estimate of drug-likeness (QED) is 0.611. The molecule has 3 rings (SSSR count). The highest BCUT2D eigenvalue weighted by atomic mass is 35.5. The van der Waals surface area contributed by atoms with Crippen LogP contribution < -0.4 is 10.1 Å². The standard InChI is InChI=1S/C24H31ClN2O2/c1-17-4-12-22(13-5-17)27(16-19-6-14-23(29-3)15-7-19)24(28)26-18(2)20-8-10-21(25)11-9-20/h6-11,14-15,17-18,22H,4-5,12-13,16H2,1-3H3,(H,26,28). The Morgan fingerprint density at radius 2 is 1.72 bits per heavy atom. The van der Waals surface area contributed by atoms with Crippen LogP contribution in [0.5, 0.6) is 5.75 Å². The molecule has 1 saturated carbocycles. The van der Waals surface area contributed by atoms with Gasteiger partial charge in [0.25, 0.3) is 0 Å². The van der Waals surface area contributed by atoms with Crippen molar-refractivity contribution in [2.45, 2.75) is 58.2 Å². The Labute approximate surface area is 179 Å². The van der Waals surface area contributed by atoms with E-state index in [1.807, 2.05) is 60.4 Å². The molecule has 0 aromatic heterocycles. The summed E-state index contributed by atoms with van der Waals surface area (Å²) >= 11 is 5.99. The predicted molar refractivity (Wildman–Crippen MR) is 118 cm³/mol. The normalized spacial score (nSPS) is 20.0. The zero-order chi connectivity index (χ0) is 20.8. The Bertz CT molecular complexity index is 784. The molecule has 4 nitrogen and oxygen atoms in total. The number of carbonyl (C=O) groups excluding carboxylic acids is 1. The Hall–Kier alpha value is -2.20. The molecule has 1 N–H and O–H groups in total. The van der Waals surface area contributed by atoms with Crippen molar-refractivity contribution >= 4 is 17.6 Å². The average molecular weight is 415 g/mol. The Balaban J connectivity index is 1.73. The van der Waals surface area contributed by atoms with Crippen LogP contribution in [-0.2, 0) is 6.54 Å². The molecule has 2 aromatic rings. The van der Waals surface area contributed by atoms with Gasteiger partial charge in [-0.05, 0) is 73.9 Å². The lowest BCUT2D eigenvalue weighted by Crippen LogP contribution is -2.47. The number of methoxy groups -OCH3 is 1. The molecular weight excluding hydrogens is 384 g/mol. The molecule has 0 saturated heterocycles. The third kappa shape index (κ3) is 5.89. The van der Waals surface area contributed by atoms with Crippen LogP contribution in [-0.4, -0.2) is 24.1 Å². The highest BCUT2D eigenvalue weighted by Crippen LogP contribution is 2.29. The molecule has 2 amide bonds. The molecule has 29 heavy (non-hydrogen) atoms. The molecule has 1 unspecified atom stereocenters. The molecule has 156 valence electrons. The van der Waals surface area contributed by atoms with Gasteiger partial charge in [0, 0.05) is 17.6 Å². The number of hydrogen-bond donors (Lipinski definition) is 1. The second-order valence-electron chi connectivity index (χ2n) is 8.11. The molecule has 0 radical (unpaired) electrons. The van der Waals surface area contributed by atoms with E-state index in [2.05, 4.69) is 12.2 Å². The fraction of sp³-hybridized carbons (Fsp3) is 0.458. The van der Waals surface area contributed by atoms with E-state index < -0.39 is 0 Å². The van der Waals surface area contributed by atoms with Crippen LogP contribution in [0, 0.1) is 5.92 Å². The fourth-order valence-electron chi connectivity index (χ4n) is 3.95. The first-order valence-electron chi connectivity index (χ1n) is 10.4. The summed E-state index contributed by atoms with van der Waals surface area (Å²) in [5.41, 5.74) is 2.16. The van der Waals surface area contributed by atoms with Crippen molar-refractivity contribution in [3.8, 4) is 5.75 Å². The van der Waals surface area contributed by atoms with Gasteiger partial charge in [0.05, 0.1) is 13.2 Å². The fourth-order valence-corrected chi connectivity index (χ4v) is 4.08. The van der Waals surface area contributed by atoms with Gasteiger partial charge in [0.1, 0.15) is 5.75 Å². The van der Waals surface area contributed by atoms with Crippen LogP contribution >= 0.6 is 11.6 Å². The van der Waals surface area contributed by atoms with E-state index in [9.17, 15) is 4.79 Å². The molecule has 2 aromatic carbocycles. The minimum absolute atomic E-state index is 0.0113. The minimum Gasteiger partial charge on any atom is -0.497 e. The van der Waals surface area contributed by atoms with Crippen LogP contribution in [0.25, 0.3) is 0 Å². The van der Waals surface area contributed by atoms with E-state index in [-0.39, 0.29) is 18.1 Å². The third-order valence-electron chi connectivity index (χ3n) is 5.91. The smallest absolute Gasteiger partial charge is 0.318 e. The summed E-state index contributed by atoms with van der Waals surface area (Å²) in [6.45, 7) is 4.91. The molecule has 0 bridgehead atoms. The molecule has 1 fully saturated rings. The number of nitrogens with zero attached hydrogens (tertiary/aromatic N) is 1. The zero-order valence-electron chi connectivity index (χ0n) is 17.5. The first kappa shape index (κ1) is 21.5. The van der Waals surface area contributed by atoms with Gasteiger partial charge in [0.2, 0.25) is 0 Å². The maximum atomic E-state index is 13.3. The summed E-state index contributed by atoms with van der Waals surface area (Å²) in [5, 5.41) is 3.89. The van der Waals surface area contributed by atoms with Gasteiger partial charge in [-0.1, -0.05) is 42.8 Å². The number of benzene rings is 2. The molecular formula is C24H31ClN2O2. The topological polar surface area (TPSA) is 41.6 Å². The van der Waals surface area contributed by atoms with E-state index in [0.29, 0.717) is 11.6 Å². The van der Waals surface area contributed by atoms with Crippen LogP contribution in [0.15, 0.2) is 48.5 Å². The second kappa shape index (κ2) is 10.0. The van der Waals surface area contributed by atoms with Gasteiger partial charge in [-0.15, -0.1) is 0 Å². The number of rotatable bonds is 6. The van der Waals surface area contributed by atoms with Crippen molar-refractivity contribution in [1.29, 1.82) is 0 Å². The predicted octanol–water partition coefficient (Wildman–Crippen LogP) is 6.20. The lowest BCUT2D eigenvalue weighted by molar-refractivity contribution is 0.139. The minimum atomic E-state index is -0.0827. The lowest BCUT2D eigenvalue weighted by atomic mass is 9.86. The van der Waals surface area contributed by atoms with Crippen LogP contribution in [0.4, 0.5) is 4.79 Å². The van der Waals surface area contributed by atoms with Gasteiger partial charge in [-0.3, -0.25) is 0 Å². The Morgan fingerprint density at radius 3 is 2.31 bits per heavy atom. The Morgan fingerprint density at radius 1 is 1.10 bits per heavy atom. The molecule has 0 heterocycles. The van der Waals surface area contributed by atoms with Crippen molar-refractivity contribution in [1.82, 2.24) is 10.2 Å². The molecule has 0 spiro atoms. The summed E-state index contributed by atoms with van der Waals surface area (Å²) < 4.78 is 5.26. The van der Waals surface area contributed by atoms with Crippen LogP contribution in [0.2, 0.25) is 5.02 Å². The van der Waals surface area contributed by atoms with E-state index in [4.69, 9.17) is 16.3 Å². The maximum absolute atomic E-state index is 13.3. The monoisotopic (exact) mass is 414 g/mol. The van der Waals surface area contributed by atoms with Crippen molar-refractivity contribution in [2.24, 2.45) is 5.92 Å². The largest absolute Gasteiger partial charge is 0.497 e. The molecule has 5 heteroatoms. The van der Waals surface area contributed by atoms with E-state index >= 15 is 0 Å². The van der Waals surface area contributed by atoms with Gasteiger partial charge < -0.3 is 15.0 Å². The van der Waals surface area contributed by atoms with Gasteiger partial charge in [-0.2, -0.15) is 0 Å². The highest BCUT2D eigenvalue weighted by molar-refractivity contribution is 6.30. The van der Waals surface area contributed by atoms with E-state index in [1.165, 1.54) is 12.8 Å². The van der Waals surface area contributed by atoms with Gasteiger partial charge >= 0.3 is 6.03 Å². The number of carbonyl (C=O) groups is 1. The summed E-state index contributed by atoms with van der Waals surface area (Å²) in [5.74, 6) is 1.57. The molecule has 0 aliphatic heterocycles. The van der Waals surface area contributed by atoms with E-state index in [1.54, 1.807) is 7.11 Å². The molecule has 1 atom stereocenters. The Kier molecular flexibility index (Phi) is 7.43. The number of halogens is 1. The summed E-state index contributed by atoms with van der Waals surface area (Å²) in [6.07, 6.45) is 4.45. The number of ether oxygens (including phenoxy) is 1. The molecule has 1 aliphatic rings. The van der Waals surface area contributed by atoms with Crippen molar-refractivity contribution < 1.29 is 9.53 Å². The van der Waals surface area contributed by atoms with Crippen molar-refractivity contribution in [3.05, 3.63) is 64.7 Å². The number of nitrogens with one attached hydrogen (secondary N) is 1. The average Bonchev–Trinajstić information content (AvgIpc) is 2.73. The third-order valence-corrected chi connectivity index (χ3v) is 6.16. The first-order valence-corrected chi connectivity index (χ1v) is 10.8. The van der Waals surface area contributed by atoms with Gasteiger partial charge in [-0.25, -0.2) is 4.79 Å². The second-order valence-corrected chi connectivity index (χ2v) is 8.55. The van der Waals surface area contributed by atoms with Gasteiger partial charge in [0.15, 0.2) is 0 Å². The van der Waals surface area contributed by atoms with Crippen LogP contribution in [0.3, 0.4) is 0 Å². The summed E-state index contributed by atoms with van der Waals surface area (Å²) in [6, 6.07) is 15.8. The van der Waals surface area contributed by atoms with E-state index in [0.717, 1.165) is 35.6 Å². The zero-order valence-corrected chi connectivity index (χ0v) is 18.3. The lowest BCUT2D eigenvalue weighted by Gasteiger charge is -2.37. The number of urea groups is 1. The maximum Gasteiger partial charge on any atom is 0.318 e. The summed E-state index contributed by atoms with van der Waals surface area (Å²) in [7, 11) is 1.66. The van der Waals surface area contributed by atoms with Crippen LogP contribution in [0.1, 0.15) is 56.7 Å². The number of amides is 2. The highest BCUT2D eigenvalue weighted by Gasteiger charge is 2.28. The van der Waals surface area contributed by atoms with Crippen molar-refractivity contribution in [3.63, 3.8) is 0 Å². The first-order chi connectivity index (χ1) is 14.0. The SMILES string of the molecule is COc1ccc(CN(C(=O)NC(C)c2ccc(Cl)cc2)C2CCC(C)CC2)cc1. The summed E-state index contributed by atoms with van der Waals surface area (Å²) in [4.78, 5) is 15.3.